The molecule has 0 radical (unpaired) electrons. The first-order valence-corrected chi connectivity index (χ1v) is 8.34. The Labute approximate surface area is 163 Å². The Morgan fingerprint density at radius 3 is 2.32 bits per heavy atom. The molecule has 0 spiro atoms. The molecule has 4 nitrogen and oxygen atoms in total. The van der Waals surface area contributed by atoms with Crippen LogP contribution in [-0.2, 0) is 6.18 Å². The molecule has 0 aliphatic heterocycles. The van der Waals surface area contributed by atoms with E-state index >= 15 is 0 Å². The fraction of sp³-hybridized carbons (Fsp3) is 0.0500. The van der Waals surface area contributed by atoms with Crippen LogP contribution in [0.3, 0.4) is 0 Å². The molecule has 0 amide bonds. The van der Waals surface area contributed by atoms with Crippen molar-refractivity contribution in [3.8, 4) is 23.0 Å². The van der Waals surface area contributed by atoms with Gasteiger partial charge in [0.25, 0.3) is 0 Å². The number of oxime groups is 1. The van der Waals surface area contributed by atoms with Gasteiger partial charge in [-0.3, -0.25) is 0 Å². The number of ether oxygens (including phenoxy) is 1. The fourth-order valence-electron chi connectivity index (χ4n) is 2.21. The molecule has 0 aliphatic carbocycles. The molecule has 0 fully saturated rings. The predicted octanol–water partition coefficient (Wildman–Crippen LogP) is 6.27. The quantitative estimate of drug-likeness (QED) is 0.400. The van der Waals surface area contributed by atoms with E-state index in [1.54, 1.807) is 24.3 Å². The van der Waals surface area contributed by atoms with Gasteiger partial charge in [0.1, 0.15) is 17.2 Å². The van der Waals surface area contributed by atoms with Gasteiger partial charge in [-0.2, -0.15) is 13.2 Å². The number of hydrogen-bond acceptors (Lipinski definition) is 4. The molecule has 1 N–H and O–H groups in total. The summed E-state index contributed by atoms with van der Waals surface area (Å²) < 4.78 is 43.5. The van der Waals surface area contributed by atoms with Gasteiger partial charge in [-0.15, -0.1) is 0 Å². The monoisotopic (exact) mass is 407 g/mol. The molecule has 3 rings (SSSR count). The molecule has 3 aromatic rings. The number of para-hydroxylation sites is 1. The second kappa shape index (κ2) is 8.22. The smallest absolute Gasteiger partial charge is 0.416 e. The number of halogens is 4. The summed E-state index contributed by atoms with van der Waals surface area (Å²) in [5.74, 6) is 0.610. The Hall–Kier alpha value is -3.19. The van der Waals surface area contributed by atoms with Gasteiger partial charge in [-0.1, -0.05) is 35.0 Å². The summed E-state index contributed by atoms with van der Waals surface area (Å²) >= 11 is 5.86. The highest BCUT2D eigenvalue weighted by molar-refractivity contribution is 6.32. The molecule has 0 aromatic heterocycles. The first kappa shape index (κ1) is 19.6. The van der Waals surface area contributed by atoms with E-state index in [9.17, 15) is 18.3 Å². The average molecular weight is 408 g/mol. The molecule has 0 saturated heterocycles. The minimum atomic E-state index is -4.50. The predicted molar refractivity (Wildman–Crippen MR) is 99.3 cm³/mol. The molecule has 144 valence electrons. The summed E-state index contributed by atoms with van der Waals surface area (Å²) in [6.07, 6.45) is -3.18. The normalized spacial score (nSPS) is 11.6. The van der Waals surface area contributed by atoms with Crippen LogP contribution in [0.15, 0.2) is 71.9 Å². The van der Waals surface area contributed by atoms with Crippen LogP contribution in [0.25, 0.3) is 0 Å². The third kappa shape index (κ3) is 4.95. The van der Waals surface area contributed by atoms with Gasteiger partial charge < -0.3 is 14.7 Å². The summed E-state index contributed by atoms with van der Waals surface area (Å²) in [5, 5.41) is 13.7. The highest BCUT2D eigenvalue weighted by Crippen LogP contribution is 2.37. The first-order valence-electron chi connectivity index (χ1n) is 7.96. The maximum Gasteiger partial charge on any atom is 0.416 e. The van der Waals surface area contributed by atoms with E-state index in [4.69, 9.17) is 21.2 Å². The molecule has 0 heterocycles. The maximum atomic E-state index is 12.7. The zero-order valence-electron chi connectivity index (χ0n) is 14.2. The average Bonchev–Trinajstić information content (AvgIpc) is 2.65. The van der Waals surface area contributed by atoms with Gasteiger partial charge in [0.2, 0.25) is 0 Å². The summed E-state index contributed by atoms with van der Waals surface area (Å²) in [6, 6.07) is 15.9. The number of phenols is 1. The van der Waals surface area contributed by atoms with Crippen LogP contribution in [0.1, 0.15) is 11.1 Å². The second-order valence-electron chi connectivity index (χ2n) is 5.60. The van der Waals surface area contributed by atoms with E-state index in [0.29, 0.717) is 11.3 Å². The van der Waals surface area contributed by atoms with E-state index < -0.39 is 11.7 Å². The van der Waals surface area contributed by atoms with Gasteiger partial charge in [-0.25, -0.2) is 0 Å². The zero-order valence-corrected chi connectivity index (χ0v) is 14.9. The van der Waals surface area contributed by atoms with Crippen LogP contribution >= 0.6 is 11.6 Å². The van der Waals surface area contributed by atoms with Crippen molar-refractivity contribution in [3.63, 3.8) is 0 Å². The van der Waals surface area contributed by atoms with E-state index in [2.05, 4.69) is 5.16 Å². The lowest BCUT2D eigenvalue weighted by Crippen LogP contribution is -2.04. The molecule has 28 heavy (non-hydrogen) atoms. The van der Waals surface area contributed by atoms with Crippen molar-refractivity contribution in [3.05, 3.63) is 82.9 Å². The van der Waals surface area contributed by atoms with Gasteiger partial charge in [0.05, 0.1) is 16.8 Å². The van der Waals surface area contributed by atoms with E-state index in [0.717, 1.165) is 18.2 Å². The Bertz CT molecular complexity index is 992. The summed E-state index contributed by atoms with van der Waals surface area (Å²) in [4.78, 5) is 5.16. The van der Waals surface area contributed by atoms with E-state index in [1.807, 2.05) is 6.07 Å². The lowest BCUT2D eigenvalue weighted by atomic mass is 10.2. The van der Waals surface area contributed by atoms with Crippen molar-refractivity contribution in [1.82, 2.24) is 0 Å². The molecule has 8 heteroatoms. The van der Waals surface area contributed by atoms with Gasteiger partial charge in [0, 0.05) is 11.6 Å². The number of phenolic OH excluding ortho intramolecular Hbond substituents is 1. The van der Waals surface area contributed by atoms with Crippen molar-refractivity contribution < 1.29 is 27.9 Å². The number of benzene rings is 3. The van der Waals surface area contributed by atoms with Crippen molar-refractivity contribution in [2.45, 2.75) is 6.18 Å². The lowest BCUT2D eigenvalue weighted by molar-refractivity contribution is -0.137. The Morgan fingerprint density at radius 2 is 1.68 bits per heavy atom. The Balaban J connectivity index is 1.70. The summed E-state index contributed by atoms with van der Waals surface area (Å²) in [5.41, 5.74) is -0.514. The highest BCUT2D eigenvalue weighted by Gasteiger charge is 2.31. The molecule has 0 aliphatic rings. The van der Waals surface area contributed by atoms with Crippen molar-refractivity contribution in [2.75, 3.05) is 0 Å². The van der Waals surface area contributed by atoms with E-state index in [-0.39, 0.29) is 22.3 Å². The van der Waals surface area contributed by atoms with Gasteiger partial charge in [0.15, 0.2) is 5.75 Å². The second-order valence-corrected chi connectivity index (χ2v) is 6.01. The van der Waals surface area contributed by atoms with Crippen LogP contribution in [0, 0.1) is 0 Å². The molecule has 0 atom stereocenters. The molecule has 0 saturated carbocycles. The van der Waals surface area contributed by atoms with Crippen molar-refractivity contribution in [2.24, 2.45) is 5.16 Å². The van der Waals surface area contributed by atoms with Crippen LogP contribution in [0.5, 0.6) is 23.0 Å². The third-order valence-electron chi connectivity index (χ3n) is 3.58. The number of nitrogens with zero attached hydrogens (tertiary/aromatic N) is 1. The highest BCUT2D eigenvalue weighted by atomic mass is 35.5. The SMILES string of the molecule is Oc1cc(Oc2ccc(C(F)(F)F)cc2Cl)ccc1C=NOc1ccccc1. The number of hydrogen-bond donors (Lipinski definition) is 1. The maximum absolute atomic E-state index is 12.7. The number of alkyl halides is 3. The van der Waals surface area contributed by atoms with Crippen molar-refractivity contribution >= 4 is 17.8 Å². The van der Waals surface area contributed by atoms with Crippen LogP contribution < -0.4 is 9.57 Å². The Morgan fingerprint density at radius 1 is 0.929 bits per heavy atom. The lowest BCUT2D eigenvalue weighted by Gasteiger charge is -2.11. The minimum Gasteiger partial charge on any atom is -0.507 e. The Kier molecular flexibility index (Phi) is 5.75. The molecule has 0 unspecified atom stereocenters. The first-order chi connectivity index (χ1) is 13.3. The van der Waals surface area contributed by atoms with Gasteiger partial charge in [-0.05, 0) is 42.5 Å². The topological polar surface area (TPSA) is 51.0 Å². The van der Waals surface area contributed by atoms with Gasteiger partial charge >= 0.3 is 6.18 Å². The molecular formula is C20H13ClF3NO3. The van der Waals surface area contributed by atoms with Crippen LogP contribution in [0.4, 0.5) is 13.2 Å². The molecule has 0 bridgehead atoms. The fourth-order valence-corrected chi connectivity index (χ4v) is 2.43. The van der Waals surface area contributed by atoms with E-state index in [1.165, 1.54) is 24.4 Å². The standard InChI is InChI=1S/C20H13ClF3NO3/c21-17-10-14(20(22,23)24)7-9-19(17)27-16-8-6-13(18(26)11-16)12-25-28-15-4-2-1-3-5-15/h1-12,26H. The summed E-state index contributed by atoms with van der Waals surface area (Å²) in [7, 11) is 0. The third-order valence-corrected chi connectivity index (χ3v) is 3.88. The minimum absolute atomic E-state index is 0.0305. The largest absolute Gasteiger partial charge is 0.507 e. The zero-order chi connectivity index (χ0) is 20.1. The summed E-state index contributed by atoms with van der Waals surface area (Å²) in [6.45, 7) is 0. The number of rotatable bonds is 5. The molecule has 3 aromatic carbocycles. The molecular weight excluding hydrogens is 395 g/mol. The van der Waals surface area contributed by atoms with Crippen LogP contribution in [-0.4, -0.2) is 11.3 Å². The van der Waals surface area contributed by atoms with Crippen molar-refractivity contribution in [1.29, 1.82) is 0 Å². The van der Waals surface area contributed by atoms with Crippen LogP contribution in [0.2, 0.25) is 5.02 Å². The number of aromatic hydroxyl groups is 1.